The third-order valence-electron chi connectivity index (χ3n) is 3.47. The van der Waals surface area contributed by atoms with Crippen LogP contribution in [0.5, 0.6) is 0 Å². The van der Waals surface area contributed by atoms with Gasteiger partial charge in [0.05, 0.1) is 4.90 Å². The summed E-state index contributed by atoms with van der Waals surface area (Å²) in [5.41, 5.74) is 0. The van der Waals surface area contributed by atoms with Gasteiger partial charge in [-0.15, -0.1) is 0 Å². The molecule has 0 bridgehead atoms. The summed E-state index contributed by atoms with van der Waals surface area (Å²) < 4.78 is 14.5. The third kappa shape index (κ3) is 2.27. The zero-order valence-corrected chi connectivity index (χ0v) is 13.1. The van der Waals surface area contributed by atoms with E-state index in [0.29, 0.717) is 21.7 Å². The van der Waals surface area contributed by atoms with E-state index in [1.54, 1.807) is 0 Å². The normalized spacial score (nSPS) is 41.6. The molecule has 92 valence electrons. The van der Waals surface area contributed by atoms with Crippen molar-refractivity contribution in [3.8, 4) is 0 Å². The lowest BCUT2D eigenvalue weighted by atomic mass is 10.0. The molecule has 1 saturated heterocycles. The van der Waals surface area contributed by atoms with Crippen molar-refractivity contribution in [1.29, 1.82) is 0 Å². The number of hydrogen-bond acceptors (Lipinski definition) is 1. The molecule has 0 N–H and O–H groups in total. The number of nitrogens with zero attached hydrogens (tertiary/aromatic N) is 1. The second-order valence-electron chi connectivity index (χ2n) is 4.56. The van der Waals surface area contributed by atoms with E-state index in [-0.39, 0.29) is 0 Å². The fourth-order valence-electron chi connectivity index (χ4n) is 2.49. The molecule has 1 aromatic carbocycles. The molecule has 6 atom stereocenters. The number of benzene rings is 1. The van der Waals surface area contributed by atoms with Gasteiger partial charge in [0.1, 0.15) is 11.0 Å². The molecule has 1 aromatic rings. The highest BCUT2D eigenvalue weighted by Gasteiger charge is 2.56. The molecule has 1 heterocycles. The van der Waals surface area contributed by atoms with Crippen LogP contribution in [0.4, 0.5) is 0 Å². The molecule has 2 nitrogen and oxygen atoms in total. The van der Waals surface area contributed by atoms with Gasteiger partial charge in [-0.1, -0.05) is 50.1 Å². The van der Waals surface area contributed by atoms with Crippen LogP contribution in [-0.2, 0) is 11.0 Å². The Morgan fingerprint density at radius 2 is 1.59 bits per heavy atom. The van der Waals surface area contributed by atoms with Crippen LogP contribution in [0.15, 0.2) is 35.2 Å². The average Bonchev–Trinajstić information content (AvgIpc) is 3.02. The van der Waals surface area contributed by atoms with Gasteiger partial charge >= 0.3 is 0 Å². The van der Waals surface area contributed by atoms with Crippen molar-refractivity contribution < 1.29 is 4.21 Å². The molecule has 5 heteroatoms. The lowest BCUT2D eigenvalue weighted by molar-refractivity contribution is 0.612. The molecular weight excluding hydrogens is 366 g/mol. The summed E-state index contributed by atoms with van der Waals surface area (Å²) in [4.78, 5) is 1.92. The lowest BCUT2D eigenvalue weighted by Crippen LogP contribution is -2.24. The largest absolute Gasteiger partial charge is 0.237 e. The van der Waals surface area contributed by atoms with Crippen LogP contribution >= 0.6 is 31.9 Å². The molecule has 0 radical (unpaired) electrons. The zero-order valence-electron chi connectivity index (χ0n) is 9.13. The molecule has 2 aliphatic rings. The lowest BCUT2D eigenvalue weighted by Gasteiger charge is -2.19. The van der Waals surface area contributed by atoms with Gasteiger partial charge in [-0.3, -0.25) is 0 Å². The highest BCUT2D eigenvalue weighted by molar-refractivity contribution is 9.12. The van der Waals surface area contributed by atoms with Crippen LogP contribution in [0.25, 0.3) is 0 Å². The van der Waals surface area contributed by atoms with Crippen molar-refractivity contribution in [3.05, 3.63) is 30.3 Å². The molecule has 0 spiro atoms. The molecule has 17 heavy (non-hydrogen) atoms. The number of hydrogen-bond donors (Lipinski definition) is 0. The van der Waals surface area contributed by atoms with Crippen molar-refractivity contribution in [2.75, 3.05) is 0 Å². The summed E-state index contributed by atoms with van der Waals surface area (Å²) in [5.74, 6) is 0. The summed E-state index contributed by atoms with van der Waals surface area (Å²) in [7, 11) is -0.982. The fourth-order valence-corrected chi connectivity index (χ4v) is 5.21. The Bertz CT molecular complexity index is 425. The van der Waals surface area contributed by atoms with Gasteiger partial charge < -0.3 is 0 Å². The predicted molar refractivity (Wildman–Crippen MR) is 76.9 cm³/mol. The molecule has 2 fully saturated rings. The molecule has 1 aliphatic carbocycles. The minimum Gasteiger partial charge on any atom is -0.237 e. The molecule has 0 aromatic heterocycles. The van der Waals surface area contributed by atoms with Crippen molar-refractivity contribution in [3.63, 3.8) is 0 Å². The van der Waals surface area contributed by atoms with Crippen LogP contribution in [0.3, 0.4) is 0 Å². The van der Waals surface area contributed by atoms with Crippen molar-refractivity contribution in [2.45, 2.75) is 39.5 Å². The first-order chi connectivity index (χ1) is 8.18. The van der Waals surface area contributed by atoms with Crippen molar-refractivity contribution in [2.24, 2.45) is 0 Å². The van der Waals surface area contributed by atoms with Crippen molar-refractivity contribution >= 4 is 42.8 Å². The second kappa shape index (κ2) is 4.76. The zero-order chi connectivity index (χ0) is 12.0. The molecule has 1 aliphatic heterocycles. The highest BCUT2D eigenvalue weighted by Crippen LogP contribution is 2.47. The third-order valence-corrected chi connectivity index (χ3v) is 7.80. The van der Waals surface area contributed by atoms with Gasteiger partial charge in [0.2, 0.25) is 0 Å². The van der Waals surface area contributed by atoms with E-state index in [9.17, 15) is 4.21 Å². The van der Waals surface area contributed by atoms with Gasteiger partial charge in [0, 0.05) is 21.7 Å². The smallest absolute Gasteiger partial charge is 0.128 e. The molecular formula is C12H13Br2NOS. The first-order valence-electron chi connectivity index (χ1n) is 5.72. The Hall–Kier alpha value is 0.290. The Morgan fingerprint density at radius 1 is 1.06 bits per heavy atom. The van der Waals surface area contributed by atoms with E-state index in [4.69, 9.17) is 0 Å². The first kappa shape index (κ1) is 12.3. The van der Waals surface area contributed by atoms with Crippen molar-refractivity contribution in [1.82, 2.24) is 4.31 Å². The van der Waals surface area contributed by atoms with Gasteiger partial charge in [0.25, 0.3) is 0 Å². The highest BCUT2D eigenvalue weighted by atomic mass is 79.9. The number of fused-ring (bicyclic) bond motifs is 1. The number of alkyl halides is 2. The summed E-state index contributed by atoms with van der Waals surface area (Å²) >= 11 is 7.36. The average molecular weight is 379 g/mol. The van der Waals surface area contributed by atoms with E-state index >= 15 is 0 Å². The van der Waals surface area contributed by atoms with E-state index in [2.05, 4.69) is 36.2 Å². The van der Waals surface area contributed by atoms with Crippen LogP contribution in [-0.4, -0.2) is 30.3 Å². The Labute approximate surface area is 121 Å². The van der Waals surface area contributed by atoms with Crippen LogP contribution in [0.2, 0.25) is 0 Å². The van der Waals surface area contributed by atoms with E-state index in [1.165, 1.54) is 0 Å². The van der Waals surface area contributed by atoms with Crippen LogP contribution < -0.4 is 0 Å². The maximum Gasteiger partial charge on any atom is 0.128 e. The monoisotopic (exact) mass is 377 g/mol. The minimum atomic E-state index is -0.982. The van der Waals surface area contributed by atoms with E-state index in [1.807, 2.05) is 30.3 Å². The Morgan fingerprint density at radius 3 is 2.12 bits per heavy atom. The molecule has 0 amide bonds. The fraction of sp³-hybridized carbons (Fsp3) is 0.500. The summed E-state index contributed by atoms with van der Waals surface area (Å²) in [6.45, 7) is 0. The van der Waals surface area contributed by atoms with Gasteiger partial charge in [-0.2, -0.15) is 0 Å². The van der Waals surface area contributed by atoms with E-state index < -0.39 is 11.0 Å². The summed E-state index contributed by atoms with van der Waals surface area (Å²) in [5, 5.41) is 0. The number of rotatable bonds is 2. The van der Waals surface area contributed by atoms with Gasteiger partial charge in [0.15, 0.2) is 0 Å². The molecule has 1 unspecified atom stereocenters. The SMILES string of the molecule is O=[S@](c1ccccc1)N1[C@@H]2C[C@H](Br)[C@@H](Br)C[C@@H]21. The maximum absolute atomic E-state index is 12.4. The van der Waals surface area contributed by atoms with Crippen LogP contribution in [0.1, 0.15) is 12.8 Å². The Balaban J connectivity index is 1.74. The minimum absolute atomic E-state index is 0.495. The topological polar surface area (TPSA) is 20.1 Å². The quantitative estimate of drug-likeness (QED) is 0.572. The Kier molecular flexibility index (Phi) is 3.45. The van der Waals surface area contributed by atoms with Gasteiger partial charge in [-0.25, -0.2) is 8.51 Å². The standard InChI is InChI=1S/C12H13Br2NOS/c13-9-6-11-12(7-10(9)14)15(11)17(16)8-4-2-1-3-5-8/h1-5,9-12H,6-7H2/t9-,10-,11-,12+,15?,17+/m0/s1. The summed E-state index contributed by atoms with van der Waals surface area (Å²) in [6, 6.07) is 10.7. The summed E-state index contributed by atoms with van der Waals surface area (Å²) in [6.07, 6.45) is 2.16. The van der Waals surface area contributed by atoms with Gasteiger partial charge in [-0.05, 0) is 25.0 Å². The van der Waals surface area contributed by atoms with E-state index in [0.717, 1.165) is 17.7 Å². The second-order valence-corrected chi connectivity index (χ2v) is 8.30. The maximum atomic E-state index is 12.4. The molecule has 1 saturated carbocycles. The first-order valence-corrected chi connectivity index (χ1v) is 8.65. The predicted octanol–water partition coefficient (Wildman–Crippen LogP) is 3.08. The molecule has 3 rings (SSSR count). The number of halogens is 2. The van der Waals surface area contributed by atoms with Crippen LogP contribution in [0, 0.1) is 0 Å².